The van der Waals surface area contributed by atoms with Crippen molar-refractivity contribution in [1.82, 2.24) is 0 Å². The summed E-state index contributed by atoms with van der Waals surface area (Å²) in [7, 11) is 0. The molecular formula is C25H36. The van der Waals surface area contributed by atoms with Crippen LogP contribution in [0.25, 0.3) is 0 Å². The average molecular weight is 337 g/mol. The van der Waals surface area contributed by atoms with Crippen LogP contribution in [0.5, 0.6) is 0 Å². The van der Waals surface area contributed by atoms with Crippen LogP contribution in [0, 0.1) is 34.5 Å². The van der Waals surface area contributed by atoms with Crippen molar-refractivity contribution < 1.29 is 0 Å². The minimum Gasteiger partial charge on any atom is -0.103 e. The van der Waals surface area contributed by atoms with Crippen molar-refractivity contribution in [1.29, 1.82) is 0 Å². The molecule has 0 aromatic carbocycles. The van der Waals surface area contributed by atoms with Gasteiger partial charge in [-0.2, -0.15) is 0 Å². The van der Waals surface area contributed by atoms with Crippen LogP contribution in [-0.2, 0) is 0 Å². The van der Waals surface area contributed by atoms with Crippen molar-refractivity contribution >= 4 is 0 Å². The van der Waals surface area contributed by atoms with Crippen LogP contribution in [0.2, 0.25) is 0 Å². The lowest BCUT2D eigenvalue weighted by Crippen LogP contribution is -2.50. The number of rotatable bonds is 2. The maximum Gasteiger partial charge on any atom is -0.00790 e. The Balaban J connectivity index is 1.45. The molecule has 0 bridgehead atoms. The van der Waals surface area contributed by atoms with Crippen LogP contribution < -0.4 is 0 Å². The van der Waals surface area contributed by atoms with Crippen LogP contribution in [0.1, 0.15) is 84.5 Å². The van der Waals surface area contributed by atoms with Gasteiger partial charge in [0.05, 0.1) is 0 Å². The van der Waals surface area contributed by atoms with Gasteiger partial charge in [0.1, 0.15) is 0 Å². The predicted molar refractivity (Wildman–Crippen MR) is 106 cm³/mol. The highest BCUT2D eigenvalue weighted by atomic mass is 14.6. The summed E-state index contributed by atoms with van der Waals surface area (Å²) in [4.78, 5) is 0. The van der Waals surface area contributed by atoms with Crippen molar-refractivity contribution in [2.75, 3.05) is 0 Å². The fraction of sp³-hybridized carbons (Fsp3) is 0.760. The van der Waals surface area contributed by atoms with E-state index in [1.165, 1.54) is 70.6 Å². The van der Waals surface area contributed by atoms with Crippen molar-refractivity contribution in [2.45, 2.75) is 84.5 Å². The molecule has 0 amide bonds. The van der Waals surface area contributed by atoms with Crippen LogP contribution >= 0.6 is 0 Å². The summed E-state index contributed by atoms with van der Waals surface area (Å²) in [6.07, 6.45) is 20.6. The highest BCUT2D eigenvalue weighted by molar-refractivity contribution is 5.41. The molecule has 0 radical (unpaired) electrons. The molecule has 6 unspecified atom stereocenters. The Labute approximate surface area is 154 Å². The molecule has 0 heterocycles. The van der Waals surface area contributed by atoms with Crippen LogP contribution in [0.3, 0.4) is 0 Å². The molecule has 0 N–H and O–H groups in total. The zero-order valence-corrected chi connectivity index (χ0v) is 16.4. The van der Waals surface area contributed by atoms with Gasteiger partial charge in [-0.25, -0.2) is 0 Å². The molecule has 136 valence electrons. The highest BCUT2D eigenvalue weighted by Crippen LogP contribution is 2.67. The van der Waals surface area contributed by atoms with Crippen molar-refractivity contribution in [3.63, 3.8) is 0 Å². The van der Waals surface area contributed by atoms with Crippen molar-refractivity contribution in [3.05, 3.63) is 35.5 Å². The number of hydrogen-bond donors (Lipinski definition) is 0. The minimum absolute atomic E-state index is 0.528. The van der Waals surface area contributed by atoms with E-state index in [1.807, 2.05) is 5.57 Å². The van der Waals surface area contributed by atoms with Gasteiger partial charge >= 0.3 is 0 Å². The SMILES string of the molecule is C=CCC1CCC2C3CCC4=CC(=C5CC5)CCC4(C)C3CCC12C. The molecule has 5 aliphatic rings. The largest absolute Gasteiger partial charge is 0.103 e. The van der Waals surface area contributed by atoms with Gasteiger partial charge in [0.25, 0.3) is 0 Å². The quantitative estimate of drug-likeness (QED) is 0.466. The lowest BCUT2D eigenvalue weighted by Gasteiger charge is -2.58. The molecule has 4 saturated carbocycles. The second kappa shape index (κ2) is 5.61. The van der Waals surface area contributed by atoms with E-state index in [0.717, 1.165) is 23.7 Å². The van der Waals surface area contributed by atoms with Crippen LogP contribution in [0.15, 0.2) is 35.5 Å². The summed E-state index contributed by atoms with van der Waals surface area (Å²) < 4.78 is 0. The number of fused-ring (bicyclic) bond motifs is 5. The molecule has 0 saturated heterocycles. The van der Waals surface area contributed by atoms with E-state index in [1.54, 1.807) is 11.1 Å². The number of hydrogen-bond acceptors (Lipinski definition) is 0. The lowest BCUT2D eigenvalue weighted by molar-refractivity contribution is -0.0494. The summed E-state index contributed by atoms with van der Waals surface area (Å²) in [6.45, 7) is 9.36. The third-order valence-corrected chi connectivity index (χ3v) is 9.60. The molecular weight excluding hydrogens is 300 g/mol. The lowest BCUT2D eigenvalue weighted by atomic mass is 9.46. The molecule has 0 aromatic heterocycles. The molecule has 25 heavy (non-hydrogen) atoms. The Morgan fingerprint density at radius 1 is 1.00 bits per heavy atom. The standard InChI is InChI=1S/C25H36/c1-4-5-19-9-11-22-21-10-8-20-16-18(17-6-7-17)12-14-25(20,3)23(21)13-15-24(19,22)2/h4,16,19,21-23H,1,5-15H2,2-3H3. The van der Waals surface area contributed by atoms with E-state index < -0.39 is 0 Å². The molecule has 0 nitrogen and oxygen atoms in total. The molecule has 6 atom stereocenters. The fourth-order valence-electron chi connectivity index (χ4n) is 7.95. The van der Waals surface area contributed by atoms with Gasteiger partial charge in [-0.15, -0.1) is 6.58 Å². The Morgan fingerprint density at radius 2 is 1.84 bits per heavy atom. The molecule has 5 aliphatic carbocycles. The third kappa shape index (κ3) is 2.31. The Morgan fingerprint density at radius 3 is 2.60 bits per heavy atom. The first-order chi connectivity index (χ1) is 12.1. The van der Waals surface area contributed by atoms with Crippen molar-refractivity contribution in [2.24, 2.45) is 34.5 Å². The van der Waals surface area contributed by atoms with E-state index in [0.29, 0.717) is 10.8 Å². The normalized spacial score (nSPS) is 48.3. The molecule has 4 fully saturated rings. The van der Waals surface area contributed by atoms with Gasteiger partial charge in [-0.1, -0.05) is 37.1 Å². The van der Waals surface area contributed by atoms with Gasteiger partial charge in [-0.05, 0) is 111 Å². The van der Waals surface area contributed by atoms with E-state index in [-0.39, 0.29) is 0 Å². The minimum atomic E-state index is 0.528. The molecule has 0 spiro atoms. The zero-order chi connectivity index (χ0) is 17.2. The first-order valence-corrected chi connectivity index (χ1v) is 11.1. The van der Waals surface area contributed by atoms with Gasteiger partial charge in [-0.3, -0.25) is 0 Å². The molecule has 0 aliphatic heterocycles. The summed E-state index contributed by atoms with van der Waals surface area (Å²) in [5.41, 5.74) is 6.52. The number of allylic oxidation sites excluding steroid dienone is 5. The molecule has 0 aromatic rings. The monoisotopic (exact) mass is 336 g/mol. The summed E-state index contributed by atoms with van der Waals surface area (Å²) >= 11 is 0. The van der Waals surface area contributed by atoms with E-state index >= 15 is 0 Å². The van der Waals surface area contributed by atoms with E-state index in [4.69, 9.17) is 0 Å². The van der Waals surface area contributed by atoms with Gasteiger partial charge < -0.3 is 0 Å². The third-order valence-electron chi connectivity index (χ3n) is 9.60. The molecule has 5 rings (SSSR count). The average Bonchev–Trinajstić information content (AvgIpc) is 3.39. The topological polar surface area (TPSA) is 0 Å². The second-order valence-corrected chi connectivity index (χ2v) is 10.5. The zero-order valence-electron chi connectivity index (χ0n) is 16.4. The van der Waals surface area contributed by atoms with Gasteiger partial charge in [0.2, 0.25) is 0 Å². The molecule has 0 heteroatoms. The second-order valence-electron chi connectivity index (χ2n) is 10.5. The van der Waals surface area contributed by atoms with Crippen molar-refractivity contribution in [3.8, 4) is 0 Å². The van der Waals surface area contributed by atoms with E-state index in [9.17, 15) is 0 Å². The highest BCUT2D eigenvalue weighted by Gasteiger charge is 2.58. The maximum atomic E-state index is 4.05. The first-order valence-electron chi connectivity index (χ1n) is 11.1. The van der Waals surface area contributed by atoms with Gasteiger partial charge in [0, 0.05) is 0 Å². The van der Waals surface area contributed by atoms with Crippen LogP contribution in [-0.4, -0.2) is 0 Å². The summed E-state index contributed by atoms with van der Waals surface area (Å²) in [5.74, 6) is 3.89. The smallest absolute Gasteiger partial charge is 0.00790 e. The summed E-state index contributed by atoms with van der Waals surface area (Å²) in [5, 5.41) is 0. The Kier molecular flexibility index (Phi) is 3.68. The van der Waals surface area contributed by atoms with E-state index in [2.05, 4.69) is 32.6 Å². The van der Waals surface area contributed by atoms with Crippen LogP contribution in [0.4, 0.5) is 0 Å². The van der Waals surface area contributed by atoms with Gasteiger partial charge in [0.15, 0.2) is 0 Å². The fourth-order valence-corrected chi connectivity index (χ4v) is 7.95. The predicted octanol–water partition coefficient (Wildman–Crippen LogP) is 7.23. The Hall–Kier alpha value is -0.780. The summed E-state index contributed by atoms with van der Waals surface area (Å²) in [6, 6.07) is 0. The maximum absolute atomic E-state index is 4.05. The Bertz CT molecular complexity index is 643. The first kappa shape index (κ1) is 16.4.